The van der Waals surface area contributed by atoms with Crippen molar-refractivity contribution in [2.24, 2.45) is 5.92 Å². The second-order valence-corrected chi connectivity index (χ2v) is 6.17. The fourth-order valence-corrected chi connectivity index (χ4v) is 2.17. The number of rotatable bonds is 2. The smallest absolute Gasteiger partial charge is 0.0950 e. The molecular formula is C16H24N2S. The third-order valence-corrected chi connectivity index (χ3v) is 3.97. The summed E-state index contributed by atoms with van der Waals surface area (Å²) in [4.78, 5) is 6.15. The van der Waals surface area contributed by atoms with Gasteiger partial charge in [-0.2, -0.15) is 0 Å². The SMILES string of the molecule is C=C1C=C(C(C)C)C=CN1C.CC(C)c1nccs1. The van der Waals surface area contributed by atoms with Gasteiger partial charge in [-0.1, -0.05) is 34.3 Å². The van der Waals surface area contributed by atoms with Gasteiger partial charge in [0.2, 0.25) is 0 Å². The summed E-state index contributed by atoms with van der Waals surface area (Å²) >= 11 is 1.72. The predicted molar refractivity (Wildman–Crippen MR) is 85.2 cm³/mol. The van der Waals surface area contributed by atoms with E-state index in [-0.39, 0.29) is 0 Å². The van der Waals surface area contributed by atoms with Crippen molar-refractivity contribution < 1.29 is 0 Å². The van der Waals surface area contributed by atoms with Crippen molar-refractivity contribution in [1.82, 2.24) is 9.88 Å². The summed E-state index contributed by atoms with van der Waals surface area (Å²) in [5.41, 5.74) is 2.42. The molecule has 0 unspecified atom stereocenters. The Bertz CT molecular complexity index is 453. The zero-order chi connectivity index (χ0) is 14.4. The summed E-state index contributed by atoms with van der Waals surface area (Å²) in [6, 6.07) is 0. The summed E-state index contributed by atoms with van der Waals surface area (Å²) in [5, 5.41) is 3.24. The Morgan fingerprint density at radius 1 is 1.21 bits per heavy atom. The van der Waals surface area contributed by atoms with Crippen LogP contribution in [0, 0.1) is 5.92 Å². The number of aromatic nitrogens is 1. The van der Waals surface area contributed by atoms with Crippen LogP contribution in [0.25, 0.3) is 0 Å². The Labute approximate surface area is 121 Å². The molecule has 19 heavy (non-hydrogen) atoms. The first kappa shape index (κ1) is 15.7. The molecular weight excluding hydrogens is 252 g/mol. The Morgan fingerprint density at radius 3 is 2.26 bits per heavy atom. The lowest BCUT2D eigenvalue weighted by molar-refractivity contribution is 0.577. The van der Waals surface area contributed by atoms with Crippen LogP contribution in [0.5, 0.6) is 0 Å². The molecule has 0 amide bonds. The van der Waals surface area contributed by atoms with Crippen molar-refractivity contribution in [1.29, 1.82) is 0 Å². The molecule has 1 aliphatic rings. The van der Waals surface area contributed by atoms with Crippen molar-refractivity contribution in [3.63, 3.8) is 0 Å². The monoisotopic (exact) mass is 276 g/mol. The highest BCUT2D eigenvalue weighted by atomic mass is 32.1. The van der Waals surface area contributed by atoms with Gasteiger partial charge in [0.1, 0.15) is 0 Å². The van der Waals surface area contributed by atoms with Gasteiger partial charge >= 0.3 is 0 Å². The minimum absolute atomic E-state index is 0.593. The van der Waals surface area contributed by atoms with Crippen LogP contribution >= 0.6 is 11.3 Å². The van der Waals surface area contributed by atoms with Crippen molar-refractivity contribution in [3.05, 3.63) is 52.8 Å². The van der Waals surface area contributed by atoms with Crippen LogP contribution < -0.4 is 0 Å². The average molecular weight is 276 g/mol. The largest absolute Gasteiger partial charge is 0.352 e. The molecule has 2 rings (SSSR count). The zero-order valence-corrected chi connectivity index (χ0v) is 13.4. The third kappa shape index (κ3) is 5.03. The highest BCUT2D eigenvalue weighted by Gasteiger charge is 2.06. The van der Waals surface area contributed by atoms with Crippen LogP contribution in [-0.4, -0.2) is 16.9 Å². The average Bonchev–Trinajstić information content (AvgIpc) is 2.87. The molecule has 0 N–H and O–H groups in total. The van der Waals surface area contributed by atoms with Gasteiger partial charge in [-0.15, -0.1) is 11.3 Å². The molecule has 3 heteroatoms. The van der Waals surface area contributed by atoms with E-state index >= 15 is 0 Å². The van der Waals surface area contributed by atoms with Gasteiger partial charge in [-0.25, -0.2) is 4.98 Å². The lowest BCUT2D eigenvalue weighted by atomic mass is 10.0. The first-order chi connectivity index (χ1) is 8.91. The van der Waals surface area contributed by atoms with Gasteiger partial charge in [-0.3, -0.25) is 0 Å². The second-order valence-electron chi connectivity index (χ2n) is 5.24. The molecule has 0 radical (unpaired) electrons. The Morgan fingerprint density at radius 2 is 1.89 bits per heavy atom. The normalized spacial score (nSPS) is 14.6. The van der Waals surface area contributed by atoms with Crippen molar-refractivity contribution in [3.8, 4) is 0 Å². The fourth-order valence-electron chi connectivity index (χ4n) is 1.51. The summed E-state index contributed by atoms with van der Waals surface area (Å²) in [6.07, 6.45) is 8.17. The number of thiazole rings is 1. The van der Waals surface area contributed by atoms with Gasteiger partial charge < -0.3 is 4.90 Å². The zero-order valence-electron chi connectivity index (χ0n) is 12.6. The molecule has 2 nitrogen and oxygen atoms in total. The standard InChI is InChI=1S/C10H15N.C6H9NS/c1-8(2)10-5-6-11(4)9(3)7-10;1-5(2)6-7-3-4-8-6/h5-8H,3H2,1-2,4H3;3-5H,1-2H3. The molecule has 0 spiro atoms. The molecule has 0 saturated heterocycles. The van der Waals surface area contributed by atoms with Crippen LogP contribution in [0.2, 0.25) is 0 Å². The number of likely N-dealkylation sites (N-methyl/N-ethyl adjacent to an activating group) is 1. The van der Waals surface area contributed by atoms with Crippen molar-refractivity contribution in [2.75, 3.05) is 7.05 Å². The van der Waals surface area contributed by atoms with Gasteiger partial charge in [0.15, 0.2) is 0 Å². The minimum Gasteiger partial charge on any atom is -0.352 e. The lowest BCUT2D eigenvalue weighted by Crippen LogP contribution is -2.12. The van der Waals surface area contributed by atoms with E-state index in [1.165, 1.54) is 10.6 Å². The lowest BCUT2D eigenvalue weighted by Gasteiger charge is -2.21. The molecule has 1 aromatic rings. The van der Waals surface area contributed by atoms with E-state index in [4.69, 9.17) is 0 Å². The maximum Gasteiger partial charge on any atom is 0.0950 e. The van der Waals surface area contributed by atoms with E-state index in [2.05, 4.69) is 57.6 Å². The number of hydrogen-bond acceptors (Lipinski definition) is 3. The molecule has 0 fully saturated rings. The molecule has 0 saturated carbocycles. The minimum atomic E-state index is 0.593. The first-order valence-corrected chi connectivity index (χ1v) is 7.50. The first-order valence-electron chi connectivity index (χ1n) is 6.62. The number of hydrogen-bond donors (Lipinski definition) is 0. The van der Waals surface area contributed by atoms with Gasteiger partial charge in [0, 0.05) is 36.4 Å². The summed E-state index contributed by atoms with van der Waals surface area (Å²) in [5.74, 6) is 1.19. The molecule has 104 valence electrons. The van der Waals surface area contributed by atoms with Crippen LogP contribution in [0.15, 0.2) is 47.8 Å². The van der Waals surface area contributed by atoms with Gasteiger partial charge in [-0.05, 0) is 23.6 Å². The molecule has 1 aromatic heterocycles. The van der Waals surface area contributed by atoms with Crippen molar-refractivity contribution in [2.45, 2.75) is 33.6 Å². The van der Waals surface area contributed by atoms with Gasteiger partial charge in [0.05, 0.1) is 5.01 Å². The van der Waals surface area contributed by atoms with Crippen LogP contribution in [-0.2, 0) is 0 Å². The molecule has 0 atom stereocenters. The Kier molecular flexibility index (Phi) is 6.03. The molecule has 2 heterocycles. The van der Waals surface area contributed by atoms with E-state index in [0.29, 0.717) is 11.8 Å². The number of nitrogens with zero attached hydrogens (tertiary/aromatic N) is 2. The van der Waals surface area contributed by atoms with Crippen LogP contribution in [0.4, 0.5) is 0 Å². The predicted octanol–water partition coefficient (Wildman–Crippen LogP) is 4.81. The van der Waals surface area contributed by atoms with Crippen LogP contribution in [0.1, 0.15) is 38.6 Å². The summed E-state index contributed by atoms with van der Waals surface area (Å²) in [6.45, 7) is 12.6. The molecule has 0 aliphatic carbocycles. The van der Waals surface area contributed by atoms with E-state index in [0.717, 1.165) is 5.70 Å². The maximum atomic E-state index is 4.13. The molecule has 0 aromatic carbocycles. The Hall–Kier alpha value is -1.35. The summed E-state index contributed by atoms with van der Waals surface area (Å²) < 4.78 is 0. The second kappa shape index (κ2) is 7.29. The highest BCUT2D eigenvalue weighted by Crippen LogP contribution is 2.19. The number of allylic oxidation sites excluding steroid dienone is 3. The van der Waals surface area contributed by atoms with Gasteiger partial charge in [0.25, 0.3) is 0 Å². The van der Waals surface area contributed by atoms with E-state index in [9.17, 15) is 0 Å². The van der Waals surface area contributed by atoms with Crippen molar-refractivity contribution >= 4 is 11.3 Å². The summed E-state index contributed by atoms with van der Waals surface area (Å²) in [7, 11) is 2.01. The molecule has 1 aliphatic heterocycles. The third-order valence-electron chi connectivity index (χ3n) is 2.89. The van der Waals surface area contributed by atoms with Crippen LogP contribution in [0.3, 0.4) is 0 Å². The highest BCUT2D eigenvalue weighted by molar-refractivity contribution is 7.09. The van der Waals surface area contributed by atoms with E-state index in [1.54, 1.807) is 11.3 Å². The fraction of sp³-hybridized carbons (Fsp3) is 0.438. The quantitative estimate of drug-likeness (QED) is 0.770. The Balaban J connectivity index is 0.000000200. The van der Waals surface area contributed by atoms with E-state index < -0.39 is 0 Å². The maximum absolute atomic E-state index is 4.13. The molecule has 0 bridgehead atoms. The van der Waals surface area contributed by atoms with E-state index in [1.807, 2.05) is 23.5 Å². The topological polar surface area (TPSA) is 16.1 Å².